The molecular weight excluding hydrogens is 564 g/mol. The molecule has 0 radical (unpaired) electrons. The van der Waals surface area contributed by atoms with Gasteiger partial charge in [-0.15, -0.1) is 0 Å². The topological polar surface area (TPSA) is 120 Å². The molecule has 3 atom stereocenters. The summed E-state index contributed by atoms with van der Waals surface area (Å²) in [4.78, 5) is 53.7. The number of halogens is 1. The summed E-state index contributed by atoms with van der Waals surface area (Å²) >= 11 is 3.35. The Balaban J connectivity index is 1.21. The fourth-order valence-electron chi connectivity index (χ4n) is 5.34. The third-order valence-corrected chi connectivity index (χ3v) is 7.66. The molecule has 1 aliphatic heterocycles. The predicted octanol–water partition coefficient (Wildman–Crippen LogP) is 3.57. The number of carbonyl (C=O) groups is 3. The molecule has 1 aromatic carbocycles. The maximum atomic E-state index is 13.6. The first-order valence-corrected chi connectivity index (χ1v) is 13.5. The van der Waals surface area contributed by atoms with Crippen LogP contribution >= 0.6 is 15.9 Å². The minimum Gasteiger partial charge on any atom is -0.486 e. The van der Waals surface area contributed by atoms with Crippen molar-refractivity contribution >= 4 is 44.3 Å². The van der Waals surface area contributed by atoms with Gasteiger partial charge in [0, 0.05) is 36.4 Å². The number of fused-ring (bicyclic) bond motifs is 2. The summed E-state index contributed by atoms with van der Waals surface area (Å²) in [5, 5.41) is 5.08. The number of likely N-dealkylation sites (tertiary alicyclic amines) is 1. The van der Waals surface area contributed by atoms with Crippen molar-refractivity contribution in [3.05, 3.63) is 76.7 Å². The summed E-state index contributed by atoms with van der Waals surface area (Å²) in [5.41, 5.74) is 1.58. The Morgan fingerprint density at radius 1 is 1.08 bits per heavy atom. The quantitative estimate of drug-likeness (QED) is 0.215. The van der Waals surface area contributed by atoms with Gasteiger partial charge in [0.05, 0.1) is 18.0 Å². The Morgan fingerprint density at radius 2 is 1.90 bits per heavy atom. The summed E-state index contributed by atoms with van der Waals surface area (Å²) in [6, 6.07) is 12.1. The number of hydrogen-bond acceptors (Lipinski definition) is 8. The molecule has 1 amide bonds. The normalized spacial score (nSPS) is 19.6. The fraction of sp³-hybridized carbons (Fsp3) is 0.321. The van der Waals surface area contributed by atoms with Crippen molar-refractivity contribution < 1.29 is 19.1 Å². The second-order valence-corrected chi connectivity index (χ2v) is 10.7. The van der Waals surface area contributed by atoms with E-state index in [0.717, 1.165) is 6.42 Å². The van der Waals surface area contributed by atoms with Crippen LogP contribution in [0.4, 0.5) is 0 Å². The van der Waals surface area contributed by atoms with Crippen LogP contribution < -0.4 is 4.74 Å². The Hall–Kier alpha value is -3.99. The SMILES string of the molecule is CC(=O)c1nn(CC(=O)N2[C@@H]3C[C@@H]3C[C@H]2C(=O)Cc2cccc(Br)n2)c2ccc(OCc3ncccn3)cc12. The van der Waals surface area contributed by atoms with Gasteiger partial charge in [0.15, 0.2) is 17.4 Å². The second kappa shape index (κ2) is 10.3. The molecular formula is C28H25BrN6O4. The van der Waals surface area contributed by atoms with Crippen LogP contribution in [0, 0.1) is 5.92 Å². The molecule has 0 bridgehead atoms. The van der Waals surface area contributed by atoms with E-state index in [1.165, 1.54) is 6.92 Å². The van der Waals surface area contributed by atoms with Gasteiger partial charge in [-0.1, -0.05) is 6.07 Å². The van der Waals surface area contributed by atoms with Gasteiger partial charge in [0.1, 0.15) is 29.2 Å². The Bertz CT molecular complexity index is 1590. The van der Waals surface area contributed by atoms with Gasteiger partial charge in [0.25, 0.3) is 0 Å². The first kappa shape index (κ1) is 25.3. The van der Waals surface area contributed by atoms with Gasteiger partial charge in [-0.3, -0.25) is 19.1 Å². The molecule has 2 fully saturated rings. The van der Waals surface area contributed by atoms with Crippen LogP contribution in [0.1, 0.15) is 41.8 Å². The number of amides is 1. The van der Waals surface area contributed by atoms with Crippen molar-refractivity contribution in [1.29, 1.82) is 0 Å². The van der Waals surface area contributed by atoms with Gasteiger partial charge < -0.3 is 9.64 Å². The lowest BCUT2D eigenvalue weighted by Gasteiger charge is -2.26. The number of ether oxygens (including phenoxy) is 1. The number of Topliss-reactive ketones (excluding diaryl/α,β-unsaturated/α-hetero) is 2. The van der Waals surface area contributed by atoms with E-state index >= 15 is 0 Å². The smallest absolute Gasteiger partial charge is 0.245 e. The van der Waals surface area contributed by atoms with Crippen molar-refractivity contribution in [2.24, 2.45) is 5.92 Å². The summed E-state index contributed by atoms with van der Waals surface area (Å²) in [5.74, 6) is 1.02. The zero-order valence-corrected chi connectivity index (χ0v) is 22.7. The van der Waals surface area contributed by atoms with E-state index in [-0.39, 0.29) is 48.8 Å². The van der Waals surface area contributed by atoms with Gasteiger partial charge in [-0.25, -0.2) is 15.0 Å². The van der Waals surface area contributed by atoms with Crippen LogP contribution in [0.15, 0.2) is 59.5 Å². The second-order valence-electron chi connectivity index (χ2n) is 9.91. The molecule has 0 unspecified atom stereocenters. The molecule has 3 aromatic heterocycles. The van der Waals surface area contributed by atoms with Crippen LogP contribution in [-0.4, -0.2) is 59.2 Å². The van der Waals surface area contributed by atoms with Crippen LogP contribution in [0.2, 0.25) is 0 Å². The number of rotatable bonds is 9. The maximum Gasteiger partial charge on any atom is 0.245 e. The molecule has 6 rings (SSSR count). The van der Waals surface area contributed by atoms with Gasteiger partial charge in [0.2, 0.25) is 5.91 Å². The first-order valence-electron chi connectivity index (χ1n) is 12.7. The van der Waals surface area contributed by atoms with E-state index in [2.05, 4.69) is 36.0 Å². The zero-order chi connectivity index (χ0) is 27.1. The Morgan fingerprint density at radius 3 is 2.67 bits per heavy atom. The van der Waals surface area contributed by atoms with Gasteiger partial charge >= 0.3 is 0 Å². The number of carbonyl (C=O) groups excluding carboxylic acids is 3. The molecule has 10 nitrogen and oxygen atoms in total. The van der Waals surface area contributed by atoms with Crippen molar-refractivity contribution in [1.82, 2.24) is 29.6 Å². The highest BCUT2D eigenvalue weighted by Crippen LogP contribution is 2.48. The zero-order valence-electron chi connectivity index (χ0n) is 21.2. The van der Waals surface area contributed by atoms with Crippen LogP contribution in [0.5, 0.6) is 5.75 Å². The molecule has 2 aliphatic rings. The largest absolute Gasteiger partial charge is 0.486 e. The number of benzene rings is 1. The highest BCUT2D eigenvalue weighted by molar-refractivity contribution is 9.10. The summed E-state index contributed by atoms with van der Waals surface area (Å²) in [6.45, 7) is 1.56. The number of aromatic nitrogens is 5. The molecule has 4 heterocycles. The molecule has 1 saturated carbocycles. The van der Waals surface area contributed by atoms with E-state index < -0.39 is 6.04 Å². The van der Waals surface area contributed by atoms with Crippen molar-refractivity contribution in [3.8, 4) is 5.75 Å². The minimum atomic E-state index is -0.476. The number of nitrogens with zero attached hydrogens (tertiary/aromatic N) is 6. The van der Waals surface area contributed by atoms with Crippen LogP contribution in [0.25, 0.3) is 10.9 Å². The summed E-state index contributed by atoms with van der Waals surface area (Å²) < 4.78 is 8.05. The highest BCUT2D eigenvalue weighted by atomic mass is 79.9. The lowest BCUT2D eigenvalue weighted by molar-refractivity contribution is -0.139. The van der Waals surface area contributed by atoms with E-state index in [1.807, 2.05) is 18.2 Å². The molecule has 11 heteroatoms. The first-order chi connectivity index (χ1) is 18.9. The van der Waals surface area contributed by atoms with Crippen molar-refractivity contribution in [2.75, 3.05) is 0 Å². The number of ketones is 2. The van der Waals surface area contributed by atoms with E-state index in [9.17, 15) is 14.4 Å². The highest BCUT2D eigenvalue weighted by Gasteiger charge is 2.55. The monoisotopic (exact) mass is 588 g/mol. The van der Waals surface area contributed by atoms with Crippen molar-refractivity contribution in [2.45, 2.75) is 51.4 Å². The number of piperidine rings is 1. The minimum absolute atomic E-state index is 0.0138. The van der Waals surface area contributed by atoms with E-state index in [1.54, 1.807) is 46.2 Å². The number of hydrogen-bond donors (Lipinski definition) is 0. The third kappa shape index (κ3) is 5.18. The van der Waals surface area contributed by atoms with Crippen molar-refractivity contribution in [3.63, 3.8) is 0 Å². The van der Waals surface area contributed by atoms with Crippen LogP contribution in [0.3, 0.4) is 0 Å². The lowest BCUT2D eigenvalue weighted by Crippen LogP contribution is -2.45. The molecule has 0 N–H and O–H groups in total. The number of pyridine rings is 1. The molecule has 0 spiro atoms. The maximum absolute atomic E-state index is 13.6. The standard InChI is InChI=1S/C28H25BrN6O4/c1-16(36)28-20-13-19(39-15-26-30-8-3-9-31-26)6-7-21(20)34(33-28)14-27(38)35-22-10-17(22)11-23(35)24(37)12-18-4-2-5-25(29)32-18/h2-9,13,17,22-23H,10-12,14-15H2,1H3/t17-,22-,23+/m1/s1. The third-order valence-electron chi connectivity index (χ3n) is 7.22. The molecule has 1 aliphatic carbocycles. The van der Waals surface area contributed by atoms with Crippen LogP contribution in [-0.2, 0) is 29.2 Å². The fourth-order valence-corrected chi connectivity index (χ4v) is 5.72. The molecule has 4 aromatic rings. The average molecular weight is 589 g/mol. The Labute approximate surface area is 232 Å². The van der Waals surface area contributed by atoms with E-state index in [0.29, 0.717) is 45.1 Å². The predicted molar refractivity (Wildman–Crippen MR) is 144 cm³/mol. The molecule has 39 heavy (non-hydrogen) atoms. The molecule has 1 saturated heterocycles. The Kier molecular flexibility index (Phi) is 6.68. The van der Waals surface area contributed by atoms with Gasteiger partial charge in [-0.2, -0.15) is 5.10 Å². The van der Waals surface area contributed by atoms with E-state index in [4.69, 9.17) is 4.74 Å². The average Bonchev–Trinajstić information content (AvgIpc) is 3.43. The van der Waals surface area contributed by atoms with Gasteiger partial charge in [-0.05, 0) is 71.1 Å². The lowest BCUT2D eigenvalue weighted by atomic mass is 10.0. The summed E-state index contributed by atoms with van der Waals surface area (Å²) in [6.07, 6.45) is 5.04. The summed E-state index contributed by atoms with van der Waals surface area (Å²) in [7, 11) is 0. The molecule has 198 valence electrons.